The first-order valence-electron chi connectivity index (χ1n) is 9.41. The Morgan fingerprint density at radius 1 is 1.04 bits per heavy atom. The number of benzene rings is 2. The number of carbonyl (C=O) groups is 1. The van der Waals surface area contributed by atoms with Gasteiger partial charge in [0.1, 0.15) is 17.6 Å². The van der Waals surface area contributed by atoms with Crippen LogP contribution < -0.4 is 10.3 Å². The molecule has 1 N–H and O–H groups in total. The lowest BCUT2D eigenvalue weighted by atomic mass is 9.90. The van der Waals surface area contributed by atoms with E-state index >= 15 is 0 Å². The molecule has 4 rings (SSSR count). The topological polar surface area (TPSA) is 59.2 Å². The van der Waals surface area contributed by atoms with Crippen molar-refractivity contribution in [1.29, 1.82) is 0 Å². The Labute approximate surface area is 158 Å². The van der Waals surface area contributed by atoms with Crippen molar-refractivity contribution in [1.82, 2.24) is 4.98 Å². The highest BCUT2D eigenvalue weighted by atomic mass is 16.5. The molecule has 1 fully saturated rings. The number of ether oxygens (including phenoxy) is 1. The van der Waals surface area contributed by atoms with E-state index in [1.54, 1.807) is 0 Å². The predicted octanol–water partition coefficient (Wildman–Crippen LogP) is 4.75. The Balaban J connectivity index is 1.55. The number of Topliss-reactive ketones (excluding diaryl/α,β-unsaturated/α-hetero) is 1. The summed E-state index contributed by atoms with van der Waals surface area (Å²) in [5.74, 6) is 1.83. The molecular weight excluding hydrogens is 338 g/mol. The lowest BCUT2D eigenvalue weighted by Crippen LogP contribution is -2.06. The molecule has 0 radical (unpaired) electrons. The normalized spacial score (nSPS) is 20.7. The standard InChI is InChI=1S/C23H23NO3/c1-14-10-19(25)13-21(14)17-4-3-5-20(12-17)27-15(2)16-6-8-22-18(11-16)7-9-23(26)24-22/h3-9,11-12,14-15,21H,10,13H2,1-2H3,(H,24,26). The summed E-state index contributed by atoms with van der Waals surface area (Å²) in [7, 11) is 0. The van der Waals surface area contributed by atoms with E-state index in [1.165, 1.54) is 11.6 Å². The number of H-pyrrole nitrogens is 1. The molecule has 3 aromatic rings. The van der Waals surface area contributed by atoms with E-state index in [9.17, 15) is 9.59 Å². The first-order chi connectivity index (χ1) is 13.0. The summed E-state index contributed by atoms with van der Waals surface area (Å²) in [6, 6.07) is 17.4. The zero-order valence-electron chi connectivity index (χ0n) is 15.6. The van der Waals surface area contributed by atoms with E-state index in [1.807, 2.05) is 43.3 Å². The fraction of sp³-hybridized carbons (Fsp3) is 0.304. The summed E-state index contributed by atoms with van der Waals surface area (Å²) in [4.78, 5) is 26.0. The molecule has 0 saturated heterocycles. The number of carbonyl (C=O) groups excluding carboxylic acids is 1. The maximum absolute atomic E-state index is 11.8. The average molecular weight is 361 g/mol. The van der Waals surface area contributed by atoms with Crippen molar-refractivity contribution in [3.8, 4) is 5.75 Å². The second-order valence-electron chi connectivity index (χ2n) is 7.53. The van der Waals surface area contributed by atoms with Gasteiger partial charge in [0.05, 0.1) is 0 Å². The molecule has 3 atom stereocenters. The molecule has 4 nitrogen and oxygen atoms in total. The van der Waals surface area contributed by atoms with Gasteiger partial charge in [-0.2, -0.15) is 0 Å². The fourth-order valence-corrected chi connectivity index (χ4v) is 3.99. The molecule has 2 aromatic carbocycles. The minimum atomic E-state index is -0.126. The van der Waals surface area contributed by atoms with Crippen molar-refractivity contribution in [2.75, 3.05) is 0 Å². The molecule has 4 heteroatoms. The van der Waals surface area contributed by atoms with Crippen LogP contribution in [-0.2, 0) is 4.79 Å². The number of aromatic amines is 1. The van der Waals surface area contributed by atoms with Gasteiger partial charge < -0.3 is 9.72 Å². The van der Waals surface area contributed by atoms with Crippen LogP contribution in [0.3, 0.4) is 0 Å². The van der Waals surface area contributed by atoms with E-state index < -0.39 is 0 Å². The van der Waals surface area contributed by atoms with Crippen molar-refractivity contribution >= 4 is 16.7 Å². The van der Waals surface area contributed by atoms with Gasteiger partial charge in [0.25, 0.3) is 0 Å². The minimum Gasteiger partial charge on any atom is -0.486 e. The number of rotatable bonds is 4. The van der Waals surface area contributed by atoms with Gasteiger partial charge in [0, 0.05) is 24.4 Å². The Morgan fingerprint density at radius 2 is 1.89 bits per heavy atom. The molecule has 1 aliphatic carbocycles. The third kappa shape index (κ3) is 3.65. The second-order valence-corrected chi connectivity index (χ2v) is 7.53. The van der Waals surface area contributed by atoms with Crippen molar-refractivity contribution in [2.24, 2.45) is 5.92 Å². The van der Waals surface area contributed by atoms with Gasteiger partial charge in [-0.1, -0.05) is 25.1 Å². The SMILES string of the molecule is CC(Oc1cccc(C2CC(=O)CC2C)c1)c1ccc2[nH]c(=O)ccc2c1. The molecule has 0 spiro atoms. The maximum Gasteiger partial charge on any atom is 0.248 e. The van der Waals surface area contributed by atoms with Crippen LogP contribution in [0.5, 0.6) is 5.75 Å². The summed E-state index contributed by atoms with van der Waals surface area (Å²) in [6.07, 6.45) is 1.17. The Hall–Kier alpha value is -2.88. The van der Waals surface area contributed by atoms with Crippen molar-refractivity contribution in [2.45, 2.75) is 38.7 Å². The molecule has 3 unspecified atom stereocenters. The molecule has 0 aliphatic heterocycles. The van der Waals surface area contributed by atoms with Crippen molar-refractivity contribution < 1.29 is 9.53 Å². The van der Waals surface area contributed by atoms with Crippen LogP contribution in [0, 0.1) is 5.92 Å². The lowest BCUT2D eigenvalue weighted by Gasteiger charge is -2.19. The van der Waals surface area contributed by atoms with Crippen LogP contribution in [0.15, 0.2) is 59.4 Å². The number of fused-ring (bicyclic) bond motifs is 1. The number of pyridine rings is 1. The predicted molar refractivity (Wildman–Crippen MR) is 106 cm³/mol. The van der Waals surface area contributed by atoms with Crippen LogP contribution in [0.4, 0.5) is 0 Å². The number of aromatic nitrogens is 1. The van der Waals surface area contributed by atoms with E-state index in [2.05, 4.69) is 24.0 Å². The molecule has 1 heterocycles. The third-order valence-electron chi connectivity index (χ3n) is 5.50. The number of hydrogen-bond donors (Lipinski definition) is 1. The lowest BCUT2D eigenvalue weighted by molar-refractivity contribution is -0.117. The monoisotopic (exact) mass is 361 g/mol. The Bertz CT molecular complexity index is 1050. The molecule has 0 amide bonds. The summed E-state index contributed by atoms with van der Waals surface area (Å²) in [6.45, 7) is 4.16. The molecule has 1 aliphatic rings. The van der Waals surface area contributed by atoms with Gasteiger partial charge in [-0.25, -0.2) is 0 Å². The number of ketones is 1. The second kappa shape index (κ2) is 7.03. The maximum atomic E-state index is 11.8. The van der Waals surface area contributed by atoms with Crippen LogP contribution in [0.25, 0.3) is 10.9 Å². The van der Waals surface area contributed by atoms with Crippen LogP contribution in [0.1, 0.15) is 49.8 Å². The Morgan fingerprint density at radius 3 is 2.67 bits per heavy atom. The zero-order chi connectivity index (χ0) is 19.0. The van der Waals surface area contributed by atoms with Crippen LogP contribution in [0.2, 0.25) is 0 Å². The van der Waals surface area contributed by atoms with Gasteiger partial charge in [-0.15, -0.1) is 0 Å². The largest absolute Gasteiger partial charge is 0.486 e. The van der Waals surface area contributed by atoms with Crippen molar-refractivity contribution in [3.63, 3.8) is 0 Å². The summed E-state index contributed by atoms with van der Waals surface area (Å²) in [5, 5.41) is 0.981. The summed E-state index contributed by atoms with van der Waals surface area (Å²) >= 11 is 0. The smallest absolute Gasteiger partial charge is 0.248 e. The quantitative estimate of drug-likeness (QED) is 0.729. The van der Waals surface area contributed by atoms with Gasteiger partial charge in [-0.05, 0) is 65.6 Å². The first kappa shape index (κ1) is 17.5. The third-order valence-corrected chi connectivity index (χ3v) is 5.50. The number of nitrogens with one attached hydrogen (secondary N) is 1. The molecule has 27 heavy (non-hydrogen) atoms. The summed E-state index contributed by atoms with van der Waals surface area (Å²) in [5.41, 5.74) is 2.94. The molecule has 1 saturated carbocycles. The highest BCUT2D eigenvalue weighted by Crippen LogP contribution is 2.38. The van der Waals surface area contributed by atoms with E-state index in [-0.39, 0.29) is 17.6 Å². The van der Waals surface area contributed by atoms with Crippen LogP contribution in [-0.4, -0.2) is 10.8 Å². The average Bonchev–Trinajstić information content (AvgIpc) is 2.99. The zero-order valence-corrected chi connectivity index (χ0v) is 15.6. The highest BCUT2D eigenvalue weighted by molar-refractivity contribution is 5.82. The van der Waals surface area contributed by atoms with Gasteiger partial charge in [0.2, 0.25) is 5.56 Å². The van der Waals surface area contributed by atoms with Gasteiger partial charge in [-0.3, -0.25) is 9.59 Å². The van der Waals surface area contributed by atoms with Crippen LogP contribution >= 0.6 is 0 Å². The van der Waals surface area contributed by atoms with Crippen molar-refractivity contribution in [3.05, 3.63) is 76.1 Å². The van der Waals surface area contributed by atoms with Gasteiger partial charge in [0.15, 0.2) is 0 Å². The summed E-state index contributed by atoms with van der Waals surface area (Å²) < 4.78 is 6.18. The fourth-order valence-electron chi connectivity index (χ4n) is 3.99. The Kier molecular flexibility index (Phi) is 4.56. The molecular formula is C23H23NO3. The van der Waals surface area contributed by atoms with E-state index in [0.29, 0.717) is 24.5 Å². The van der Waals surface area contributed by atoms with Gasteiger partial charge >= 0.3 is 0 Å². The van der Waals surface area contributed by atoms with E-state index in [0.717, 1.165) is 22.2 Å². The first-order valence-corrected chi connectivity index (χ1v) is 9.41. The molecule has 1 aromatic heterocycles. The van der Waals surface area contributed by atoms with E-state index in [4.69, 9.17) is 4.74 Å². The molecule has 138 valence electrons. The highest BCUT2D eigenvalue weighted by Gasteiger charge is 2.30. The minimum absolute atomic E-state index is 0.101. The number of hydrogen-bond acceptors (Lipinski definition) is 3. The molecule has 0 bridgehead atoms.